The molecule has 19 heavy (non-hydrogen) atoms. The molecule has 0 aromatic carbocycles. The zero-order valence-corrected chi connectivity index (χ0v) is 13.4. The lowest BCUT2D eigenvalue weighted by atomic mass is 10.2. The Balaban J connectivity index is 1.67. The molecule has 102 valence electrons. The molecule has 1 saturated carbocycles. The molecule has 0 radical (unpaired) electrons. The molecule has 6 heteroatoms. The number of hydrogen-bond donors (Lipinski definition) is 0. The largest absolute Gasteiger partial charge is 0.419 e. The second kappa shape index (κ2) is 5.34. The number of nitrogens with zero attached hydrogens (tertiary/aromatic N) is 3. The molecule has 2 heterocycles. The summed E-state index contributed by atoms with van der Waals surface area (Å²) in [5.41, 5.74) is 0. The van der Waals surface area contributed by atoms with Crippen molar-refractivity contribution in [2.75, 3.05) is 7.05 Å². The fourth-order valence-corrected chi connectivity index (χ4v) is 3.45. The van der Waals surface area contributed by atoms with Gasteiger partial charge < -0.3 is 4.42 Å². The minimum Gasteiger partial charge on any atom is -0.419 e. The van der Waals surface area contributed by atoms with Crippen molar-refractivity contribution in [2.45, 2.75) is 32.4 Å². The number of hydrogen-bond acceptors (Lipinski definition) is 5. The first-order chi connectivity index (χ1) is 9.13. The first kappa shape index (κ1) is 13.3. The summed E-state index contributed by atoms with van der Waals surface area (Å²) in [4.78, 5) is 3.29. The van der Waals surface area contributed by atoms with Crippen molar-refractivity contribution in [1.29, 1.82) is 0 Å². The van der Waals surface area contributed by atoms with Gasteiger partial charge in [-0.25, -0.2) is 0 Å². The molecule has 0 amide bonds. The van der Waals surface area contributed by atoms with Crippen molar-refractivity contribution in [3.63, 3.8) is 0 Å². The Morgan fingerprint density at radius 3 is 2.89 bits per heavy atom. The number of aromatic nitrogens is 2. The van der Waals surface area contributed by atoms with Gasteiger partial charge in [-0.1, -0.05) is 0 Å². The van der Waals surface area contributed by atoms with E-state index in [2.05, 4.69) is 45.0 Å². The van der Waals surface area contributed by atoms with Gasteiger partial charge in [0.05, 0.1) is 15.2 Å². The first-order valence-electron chi connectivity index (χ1n) is 6.42. The first-order valence-corrected chi connectivity index (χ1v) is 8.03. The average molecular weight is 342 g/mol. The van der Waals surface area contributed by atoms with Gasteiger partial charge in [0.2, 0.25) is 5.89 Å². The Morgan fingerprint density at radius 1 is 1.47 bits per heavy atom. The summed E-state index contributed by atoms with van der Waals surface area (Å²) >= 11 is 5.04. The molecule has 1 atom stereocenters. The van der Waals surface area contributed by atoms with Crippen LogP contribution < -0.4 is 0 Å². The highest BCUT2D eigenvalue weighted by atomic mass is 79.9. The van der Waals surface area contributed by atoms with E-state index in [4.69, 9.17) is 4.42 Å². The Labute approximate surface area is 125 Å². The van der Waals surface area contributed by atoms with Crippen molar-refractivity contribution in [3.05, 3.63) is 21.8 Å². The molecule has 2 aromatic rings. The van der Waals surface area contributed by atoms with Crippen LogP contribution in [0.1, 0.15) is 25.7 Å². The van der Waals surface area contributed by atoms with Gasteiger partial charge in [0.1, 0.15) is 0 Å². The molecule has 4 nitrogen and oxygen atoms in total. The van der Waals surface area contributed by atoms with E-state index < -0.39 is 0 Å². The average Bonchev–Trinajstić information content (AvgIpc) is 2.99. The Hall–Kier alpha value is -0.720. The van der Waals surface area contributed by atoms with Gasteiger partial charge in [-0.3, -0.25) is 4.90 Å². The van der Waals surface area contributed by atoms with E-state index in [1.165, 1.54) is 12.8 Å². The molecule has 1 fully saturated rings. The molecule has 0 saturated heterocycles. The maximum absolute atomic E-state index is 5.73. The van der Waals surface area contributed by atoms with Gasteiger partial charge >= 0.3 is 0 Å². The Bertz CT molecular complexity index is 564. The van der Waals surface area contributed by atoms with Gasteiger partial charge in [-0.05, 0) is 60.8 Å². The van der Waals surface area contributed by atoms with E-state index in [0.717, 1.165) is 21.1 Å². The van der Waals surface area contributed by atoms with E-state index in [1.54, 1.807) is 11.3 Å². The quantitative estimate of drug-likeness (QED) is 0.829. The molecule has 0 aliphatic heterocycles. The highest BCUT2D eigenvalue weighted by molar-refractivity contribution is 9.11. The second-order valence-electron chi connectivity index (χ2n) is 5.10. The van der Waals surface area contributed by atoms with Gasteiger partial charge in [-0.2, -0.15) is 0 Å². The standard InChI is InChI=1S/C13H16BrN3OS/c1-8(9-3-4-9)17(2)7-12-15-16-13(18-12)10-5-6-11(14)19-10/h5-6,8-9H,3-4,7H2,1-2H3/t8-/m1/s1. The second-order valence-corrected chi connectivity index (χ2v) is 7.56. The molecular weight excluding hydrogens is 326 g/mol. The highest BCUT2D eigenvalue weighted by Gasteiger charge is 2.30. The monoisotopic (exact) mass is 341 g/mol. The van der Waals surface area contributed by atoms with E-state index >= 15 is 0 Å². The molecule has 0 bridgehead atoms. The predicted molar refractivity (Wildman–Crippen MR) is 79.0 cm³/mol. The Kier molecular flexibility index (Phi) is 3.73. The predicted octanol–water partition coefficient (Wildman–Crippen LogP) is 3.79. The van der Waals surface area contributed by atoms with Crippen LogP contribution in [0.4, 0.5) is 0 Å². The lowest BCUT2D eigenvalue weighted by Crippen LogP contribution is -2.30. The maximum Gasteiger partial charge on any atom is 0.257 e. The zero-order chi connectivity index (χ0) is 13.4. The highest BCUT2D eigenvalue weighted by Crippen LogP contribution is 2.35. The molecule has 2 aromatic heterocycles. The normalized spacial score (nSPS) is 17.1. The van der Waals surface area contributed by atoms with Gasteiger partial charge in [-0.15, -0.1) is 21.5 Å². The maximum atomic E-state index is 5.73. The third-order valence-electron chi connectivity index (χ3n) is 3.63. The fourth-order valence-electron chi connectivity index (χ4n) is 2.14. The van der Waals surface area contributed by atoms with E-state index in [1.807, 2.05) is 12.1 Å². The van der Waals surface area contributed by atoms with Crippen molar-refractivity contribution in [1.82, 2.24) is 15.1 Å². The van der Waals surface area contributed by atoms with Crippen LogP contribution in [0.25, 0.3) is 10.8 Å². The number of rotatable bonds is 5. The van der Waals surface area contributed by atoms with Crippen LogP contribution >= 0.6 is 27.3 Å². The molecule has 1 aliphatic carbocycles. The lowest BCUT2D eigenvalue weighted by Gasteiger charge is -2.22. The summed E-state index contributed by atoms with van der Waals surface area (Å²) in [6.07, 6.45) is 2.70. The van der Waals surface area contributed by atoms with Gasteiger partial charge in [0, 0.05) is 6.04 Å². The van der Waals surface area contributed by atoms with Crippen LogP contribution in [-0.4, -0.2) is 28.2 Å². The number of halogens is 1. The molecule has 0 unspecified atom stereocenters. The summed E-state index contributed by atoms with van der Waals surface area (Å²) in [5, 5.41) is 8.26. The zero-order valence-electron chi connectivity index (χ0n) is 11.0. The van der Waals surface area contributed by atoms with Crippen LogP contribution in [0.2, 0.25) is 0 Å². The Morgan fingerprint density at radius 2 is 2.26 bits per heavy atom. The van der Waals surface area contributed by atoms with Crippen molar-refractivity contribution in [2.24, 2.45) is 5.92 Å². The van der Waals surface area contributed by atoms with Gasteiger partial charge in [0.15, 0.2) is 0 Å². The summed E-state index contributed by atoms with van der Waals surface area (Å²) in [6, 6.07) is 4.57. The summed E-state index contributed by atoms with van der Waals surface area (Å²) in [6.45, 7) is 2.99. The van der Waals surface area contributed by atoms with Crippen molar-refractivity contribution < 1.29 is 4.42 Å². The SMILES string of the molecule is C[C@H](C1CC1)N(C)Cc1nnc(-c2ccc(Br)s2)o1. The summed E-state index contributed by atoms with van der Waals surface area (Å²) in [7, 11) is 2.12. The van der Waals surface area contributed by atoms with E-state index in [9.17, 15) is 0 Å². The summed E-state index contributed by atoms with van der Waals surface area (Å²) in [5.74, 6) is 2.15. The van der Waals surface area contributed by atoms with Crippen LogP contribution in [-0.2, 0) is 6.54 Å². The topological polar surface area (TPSA) is 42.2 Å². The summed E-state index contributed by atoms with van der Waals surface area (Å²) < 4.78 is 6.80. The van der Waals surface area contributed by atoms with Crippen LogP contribution in [0.3, 0.4) is 0 Å². The fraction of sp³-hybridized carbons (Fsp3) is 0.538. The van der Waals surface area contributed by atoms with E-state index in [0.29, 0.717) is 17.8 Å². The third kappa shape index (κ3) is 3.07. The van der Waals surface area contributed by atoms with Crippen LogP contribution in [0, 0.1) is 5.92 Å². The van der Waals surface area contributed by atoms with E-state index in [-0.39, 0.29) is 0 Å². The minimum atomic E-state index is 0.589. The molecule has 0 spiro atoms. The van der Waals surface area contributed by atoms with Gasteiger partial charge in [0.25, 0.3) is 5.89 Å². The number of thiophene rings is 1. The molecule has 1 aliphatic rings. The molecule has 3 rings (SSSR count). The minimum absolute atomic E-state index is 0.589. The van der Waals surface area contributed by atoms with Crippen LogP contribution in [0.15, 0.2) is 20.3 Å². The third-order valence-corrected chi connectivity index (χ3v) is 5.25. The molecule has 0 N–H and O–H groups in total. The van der Waals surface area contributed by atoms with Crippen molar-refractivity contribution >= 4 is 27.3 Å². The smallest absolute Gasteiger partial charge is 0.257 e. The van der Waals surface area contributed by atoms with Crippen LogP contribution in [0.5, 0.6) is 0 Å². The van der Waals surface area contributed by atoms with Crippen molar-refractivity contribution in [3.8, 4) is 10.8 Å². The lowest BCUT2D eigenvalue weighted by molar-refractivity contribution is 0.206. The molecular formula is C13H16BrN3OS.